The van der Waals surface area contributed by atoms with Crippen LogP contribution in [0, 0.1) is 0 Å². The summed E-state index contributed by atoms with van der Waals surface area (Å²) in [5, 5.41) is 0. The molecule has 0 radical (unpaired) electrons. The van der Waals surface area contributed by atoms with Crippen LogP contribution < -0.4 is 0 Å². The van der Waals surface area contributed by atoms with E-state index in [-0.39, 0.29) is 10.8 Å². The zero-order valence-corrected chi connectivity index (χ0v) is 20.3. The Morgan fingerprint density at radius 1 is 0.652 bits per heavy atom. The first kappa shape index (κ1) is 19.9. The summed E-state index contributed by atoms with van der Waals surface area (Å²) in [6, 6.07) is 22.0. The summed E-state index contributed by atoms with van der Waals surface area (Å²) < 4.78 is 2.68. The average molecular weight is 568 g/mol. The van der Waals surface area contributed by atoms with Gasteiger partial charge in [-0.15, -0.1) is 0 Å². The zero-order valence-electron chi connectivity index (χ0n) is 14.4. The Morgan fingerprint density at radius 3 is 1.26 bits per heavy atom. The number of halogens is 2. The van der Waals surface area contributed by atoms with Crippen LogP contribution in [-0.4, -0.2) is 0 Å². The number of benzene rings is 2. The van der Waals surface area contributed by atoms with Gasteiger partial charge in [-0.05, 0) is 0 Å². The van der Waals surface area contributed by atoms with Crippen LogP contribution in [0.1, 0.15) is 38.8 Å². The predicted molar refractivity (Wildman–Crippen MR) is 117 cm³/mol. The topological polar surface area (TPSA) is 0 Å². The van der Waals surface area contributed by atoms with Crippen LogP contribution in [0.15, 0.2) is 60.7 Å². The molecule has 2 rings (SSSR count). The van der Waals surface area contributed by atoms with Gasteiger partial charge < -0.3 is 0 Å². The minimum atomic E-state index is -1.97. The van der Waals surface area contributed by atoms with Gasteiger partial charge in [0.05, 0.1) is 0 Å². The quantitative estimate of drug-likeness (QED) is 0.249. The molecule has 0 unspecified atom stereocenters. The van der Waals surface area contributed by atoms with E-state index in [0.717, 1.165) is 0 Å². The van der Waals surface area contributed by atoms with Gasteiger partial charge in [0.2, 0.25) is 0 Å². The minimum absolute atomic E-state index is 0.260. The number of hydrogen-bond donors (Lipinski definition) is 0. The predicted octanol–water partition coefficient (Wildman–Crippen LogP) is 7.63. The Labute approximate surface area is 165 Å². The number of rotatable bonds is 6. The Bertz CT molecular complexity index is 563. The SMILES string of the molecule is CC(C)([CH2][Ti]([I])([I])[CH2]C(C)(C)c1ccccc1)c1ccccc1. The Kier molecular flexibility index (Phi) is 6.83. The van der Waals surface area contributed by atoms with Gasteiger partial charge in [0.15, 0.2) is 0 Å². The van der Waals surface area contributed by atoms with Crippen molar-refractivity contribution in [2.75, 3.05) is 0 Å². The van der Waals surface area contributed by atoms with Gasteiger partial charge in [0.25, 0.3) is 0 Å². The molecule has 0 saturated carbocycles. The Morgan fingerprint density at radius 2 is 0.957 bits per heavy atom. The molecule has 0 bridgehead atoms. The third kappa shape index (κ3) is 5.83. The summed E-state index contributed by atoms with van der Waals surface area (Å²) in [6.07, 6.45) is 0. The fourth-order valence-corrected chi connectivity index (χ4v) is 23.9. The molecule has 0 saturated heterocycles. The molecule has 2 aromatic rings. The van der Waals surface area contributed by atoms with Crippen molar-refractivity contribution in [3.05, 3.63) is 71.8 Å². The first-order chi connectivity index (χ1) is 10.6. The van der Waals surface area contributed by atoms with E-state index in [9.17, 15) is 0 Å². The standard InChI is InChI=1S/2C10H13.2HI.Ti/c2*1-10(2,3)9-7-5-4-6-8-9;;;/h2*4-8H,1H2,2-3H3;2*1H;/q;;;;+2/p-2. The summed E-state index contributed by atoms with van der Waals surface area (Å²) in [6.45, 7) is 9.65. The van der Waals surface area contributed by atoms with Crippen LogP contribution in [0.3, 0.4) is 0 Å². The van der Waals surface area contributed by atoms with E-state index in [2.05, 4.69) is 127 Å². The molecular weight excluding hydrogens is 542 g/mol. The molecule has 0 heterocycles. The summed E-state index contributed by atoms with van der Waals surface area (Å²) >= 11 is 5.71. The molecule has 0 nitrogen and oxygen atoms in total. The van der Waals surface area contributed by atoms with Gasteiger partial charge in [-0.25, -0.2) is 0 Å². The van der Waals surface area contributed by atoms with Gasteiger partial charge in [-0.3, -0.25) is 0 Å². The van der Waals surface area contributed by atoms with Gasteiger partial charge >= 0.3 is 167 Å². The fourth-order valence-electron chi connectivity index (χ4n) is 3.34. The van der Waals surface area contributed by atoms with E-state index in [1.165, 1.54) is 20.6 Å². The molecule has 0 aliphatic carbocycles. The molecular formula is C20H26I2Ti. The molecule has 0 amide bonds. The molecule has 3 heteroatoms. The molecule has 124 valence electrons. The van der Waals surface area contributed by atoms with E-state index in [4.69, 9.17) is 0 Å². The average Bonchev–Trinajstić information content (AvgIpc) is 2.47. The normalized spacial score (nSPS) is 13.1. The molecule has 0 atom stereocenters. The monoisotopic (exact) mass is 568 g/mol. The van der Waals surface area contributed by atoms with Crippen molar-refractivity contribution in [3.63, 3.8) is 0 Å². The van der Waals surface area contributed by atoms with E-state index in [1.807, 2.05) is 0 Å². The molecule has 2 aromatic carbocycles. The van der Waals surface area contributed by atoms with Crippen LogP contribution in [0.4, 0.5) is 0 Å². The second kappa shape index (κ2) is 7.88. The molecule has 23 heavy (non-hydrogen) atoms. The van der Waals surface area contributed by atoms with Gasteiger partial charge in [0.1, 0.15) is 0 Å². The molecule has 0 aliphatic rings. The van der Waals surface area contributed by atoms with Gasteiger partial charge in [0, 0.05) is 0 Å². The zero-order chi connectivity index (χ0) is 17.1. The fraction of sp³-hybridized carbons (Fsp3) is 0.400. The second-order valence-corrected chi connectivity index (χ2v) is 37.0. The molecule has 0 fully saturated rings. The van der Waals surface area contributed by atoms with Crippen molar-refractivity contribution in [1.29, 1.82) is 0 Å². The van der Waals surface area contributed by atoms with Crippen LogP contribution in [0.25, 0.3) is 0 Å². The summed E-state index contributed by atoms with van der Waals surface area (Å²) in [4.78, 5) is 0. The summed E-state index contributed by atoms with van der Waals surface area (Å²) in [7, 11) is -1.97. The first-order valence-corrected chi connectivity index (χ1v) is 20.4. The maximum atomic E-state index is 2.85. The van der Waals surface area contributed by atoms with Crippen molar-refractivity contribution < 1.29 is 9.09 Å². The van der Waals surface area contributed by atoms with E-state index in [1.54, 1.807) is 0 Å². The van der Waals surface area contributed by atoms with Crippen LogP contribution >= 0.6 is 38.4 Å². The van der Waals surface area contributed by atoms with Crippen LogP contribution in [0.2, 0.25) is 9.45 Å². The summed E-state index contributed by atoms with van der Waals surface area (Å²) in [5.74, 6) is 0. The third-order valence-electron chi connectivity index (χ3n) is 4.51. The number of hydrogen-bond acceptors (Lipinski definition) is 0. The second-order valence-electron chi connectivity index (χ2n) is 7.71. The van der Waals surface area contributed by atoms with Crippen molar-refractivity contribution in [3.8, 4) is 0 Å². The molecule has 0 aromatic heterocycles. The third-order valence-corrected chi connectivity index (χ3v) is 15.2. The first-order valence-electron chi connectivity index (χ1n) is 8.11. The van der Waals surface area contributed by atoms with Gasteiger partial charge in [-0.2, -0.15) is 0 Å². The van der Waals surface area contributed by atoms with Crippen molar-refractivity contribution in [2.45, 2.75) is 48.0 Å². The van der Waals surface area contributed by atoms with E-state index < -0.39 is 9.09 Å². The van der Waals surface area contributed by atoms with Gasteiger partial charge in [-0.1, -0.05) is 0 Å². The molecule has 0 N–H and O–H groups in total. The summed E-state index contributed by atoms with van der Waals surface area (Å²) in [5.41, 5.74) is 3.47. The molecule has 0 spiro atoms. The van der Waals surface area contributed by atoms with Crippen LogP contribution in [-0.2, 0) is 19.9 Å². The van der Waals surface area contributed by atoms with E-state index in [0.29, 0.717) is 0 Å². The van der Waals surface area contributed by atoms with Crippen molar-refractivity contribution in [1.82, 2.24) is 0 Å². The van der Waals surface area contributed by atoms with Crippen molar-refractivity contribution in [2.24, 2.45) is 0 Å². The Balaban J connectivity index is 2.16. The Hall–Kier alpha value is 0.614. The van der Waals surface area contributed by atoms with E-state index >= 15 is 0 Å². The van der Waals surface area contributed by atoms with Crippen molar-refractivity contribution >= 4 is 38.4 Å². The molecule has 0 aliphatic heterocycles. The maximum absolute atomic E-state index is 2.85. The van der Waals surface area contributed by atoms with Crippen LogP contribution in [0.5, 0.6) is 0 Å².